The molecule has 0 bridgehead atoms. The summed E-state index contributed by atoms with van der Waals surface area (Å²) in [4.78, 5) is 37.4. The molecule has 3 amide bonds. The van der Waals surface area contributed by atoms with Crippen molar-refractivity contribution in [2.24, 2.45) is 0 Å². The van der Waals surface area contributed by atoms with Crippen LogP contribution in [0.25, 0.3) is 0 Å². The molecule has 33 heavy (non-hydrogen) atoms. The van der Waals surface area contributed by atoms with Gasteiger partial charge < -0.3 is 16.0 Å². The number of hydrogen-bond acceptors (Lipinski definition) is 3. The monoisotopic (exact) mass is 443 g/mol. The first-order valence-electron chi connectivity index (χ1n) is 10.9. The number of benzene rings is 3. The van der Waals surface area contributed by atoms with E-state index in [9.17, 15) is 14.4 Å². The molecule has 3 aromatic carbocycles. The van der Waals surface area contributed by atoms with E-state index in [1.54, 1.807) is 24.3 Å². The van der Waals surface area contributed by atoms with Crippen LogP contribution in [-0.2, 0) is 22.7 Å². The Bertz CT molecular complexity index is 1140. The van der Waals surface area contributed by atoms with E-state index in [4.69, 9.17) is 0 Å². The molecule has 0 saturated heterocycles. The van der Waals surface area contributed by atoms with Crippen LogP contribution in [0.4, 0.5) is 5.69 Å². The molecule has 0 aliphatic rings. The van der Waals surface area contributed by atoms with Crippen molar-refractivity contribution in [2.75, 3.05) is 5.32 Å². The van der Waals surface area contributed by atoms with Crippen molar-refractivity contribution in [1.82, 2.24) is 10.6 Å². The molecule has 0 unspecified atom stereocenters. The number of amides is 3. The minimum absolute atomic E-state index is 0.239. The minimum atomic E-state index is -0.826. The van der Waals surface area contributed by atoms with Crippen molar-refractivity contribution in [3.8, 4) is 0 Å². The van der Waals surface area contributed by atoms with Gasteiger partial charge in [0.15, 0.2) is 0 Å². The summed E-state index contributed by atoms with van der Waals surface area (Å²) in [5.74, 6) is -1.50. The third-order valence-corrected chi connectivity index (χ3v) is 5.43. The maximum atomic E-state index is 12.7. The summed E-state index contributed by atoms with van der Waals surface area (Å²) in [5.41, 5.74) is 4.76. The normalized spacial score (nSPS) is 10.5. The molecular formula is C27H29N3O3. The molecule has 0 saturated carbocycles. The second-order valence-corrected chi connectivity index (χ2v) is 8.19. The largest absolute Gasteiger partial charge is 0.348 e. The van der Waals surface area contributed by atoms with Gasteiger partial charge in [-0.15, -0.1) is 0 Å². The molecule has 0 aliphatic heterocycles. The zero-order valence-electron chi connectivity index (χ0n) is 19.1. The standard InChI is InChI=1S/C27H29N3O3/c1-18(2)21-14-12-20(13-15-21)16-28-26(32)27(33)30-24-11-7-6-10-23(24)25(31)29-17-22-9-5-4-8-19(22)3/h4-15,18H,16-17H2,1-3H3,(H,28,32)(H,29,31)(H,30,33). The van der Waals surface area contributed by atoms with Crippen LogP contribution in [0.15, 0.2) is 72.8 Å². The number of para-hydroxylation sites is 1. The summed E-state index contributed by atoms with van der Waals surface area (Å²) in [6.07, 6.45) is 0. The van der Waals surface area contributed by atoms with E-state index < -0.39 is 11.8 Å². The Morgan fingerprint density at radius 2 is 1.42 bits per heavy atom. The number of carbonyl (C=O) groups excluding carboxylic acids is 3. The number of rotatable bonds is 7. The van der Waals surface area contributed by atoms with Crippen molar-refractivity contribution >= 4 is 23.4 Å². The van der Waals surface area contributed by atoms with Crippen LogP contribution >= 0.6 is 0 Å². The van der Waals surface area contributed by atoms with E-state index >= 15 is 0 Å². The van der Waals surface area contributed by atoms with Gasteiger partial charge in [-0.3, -0.25) is 14.4 Å². The van der Waals surface area contributed by atoms with E-state index in [2.05, 4.69) is 29.8 Å². The van der Waals surface area contributed by atoms with Crippen molar-refractivity contribution in [3.63, 3.8) is 0 Å². The van der Waals surface area contributed by atoms with Gasteiger partial charge in [0.25, 0.3) is 5.91 Å². The second kappa shape index (κ2) is 11.1. The predicted octanol–water partition coefficient (Wildman–Crippen LogP) is 4.30. The molecule has 0 aliphatic carbocycles. The SMILES string of the molecule is Cc1ccccc1CNC(=O)c1ccccc1NC(=O)C(=O)NCc1ccc(C(C)C)cc1. The van der Waals surface area contributed by atoms with Crippen LogP contribution in [0.2, 0.25) is 0 Å². The van der Waals surface area contributed by atoms with Crippen molar-refractivity contribution in [1.29, 1.82) is 0 Å². The molecule has 3 aromatic rings. The van der Waals surface area contributed by atoms with Gasteiger partial charge in [0.2, 0.25) is 0 Å². The highest BCUT2D eigenvalue weighted by Gasteiger charge is 2.18. The molecule has 0 atom stereocenters. The number of aryl methyl sites for hydroxylation is 1. The first-order valence-corrected chi connectivity index (χ1v) is 10.9. The van der Waals surface area contributed by atoms with Crippen molar-refractivity contribution < 1.29 is 14.4 Å². The highest BCUT2D eigenvalue weighted by Crippen LogP contribution is 2.16. The third-order valence-electron chi connectivity index (χ3n) is 5.43. The van der Waals surface area contributed by atoms with E-state index in [1.165, 1.54) is 5.56 Å². The van der Waals surface area contributed by atoms with Gasteiger partial charge >= 0.3 is 11.8 Å². The van der Waals surface area contributed by atoms with Gasteiger partial charge in [-0.05, 0) is 47.2 Å². The number of anilines is 1. The molecule has 6 nitrogen and oxygen atoms in total. The minimum Gasteiger partial charge on any atom is -0.348 e. The lowest BCUT2D eigenvalue weighted by Crippen LogP contribution is -2.35. The van der Waals surface area contributed by atoms with Gasteiger partial charge in [0, 0.05) is 13.1 Å². The van der Waals surface area contributed by atoms with Crippen LogP contribution in [0.1, 0.15) is 52.4 Å². The van der Waals surface area contributed by atoms with E-state index in [0.29, 0.717) is 12.5 Å². The Labute approximate surface area is 194 Å². The van der Waals surface area contributed by atoms with Crippen LogP contribution in [0.3, 0.4) is 0 Å². The summed E-state index contributed by atoms with van der Waals surface area (Å²) in [5, 5.41) is 8.03. The molecule has 0 spiro atoms. The molecule has 0 aromatic heterocycles. The van der Waals surface area contributed by atoms with Crippen molar-refractivity contribution in [3.05, 3.63) is 101 Å². The van der Waals surface area contributed by atoms with Gasteiger partial charge in [-0.2, -0.15) is 0 Å². The Kier molecular flexibility index (Phi) is 7.97. The summed E-state index contributed by atoms with van der Waals surface area (Å²) in [7, 11) is 0. The molecule has 0 heterocycles. The summed E-state index contributed by atoms with van der Waals surface area (Å²) < 4.78 is 0. The summed E-state index contributed by atoms with van der Waals surface area (Å²) in [6.45, 7) is 6.81. The number of nitrogens with one attached hydrogen (secondary N) is 3. The van der Waals surface area contributed by atoms with Crippen LogP contribution in [0.5, 0.6) is 0 Å². The fraction of sp³-hybridized carbons (Fsp3) is 0.222. The molecular weight excluding hydrogens is 414 g/mol. The van der Waals surface area contributed by atoms with E-state index in [-0.39, 0.29) is 23.7 Å². The van der Waals surface area contributed by atoms with Crippen LogP contribution < -0.4 is 16.0 Å². The van der Waals surface area contributed by atoms with Crippen LogP contribution in [0, 0.1) is 6.92 Å². The number of hydrogen-bond donors (Lipinski definition) is 3. The smallest absolute Gasteiger partial charge is 0.313 e. The Hall–Kier alpha value is -3.93. The average Bonchev–Trinajstić information content (AvgIpc) is 2.82. The molecule has 170 valence electrons. The fourth-order valence-corrected chi connectivity index (χ4v) is 3.33. The maximum Gasteiger partial charge on any atom is 0.313 e. The first kappa shape index (κ1) is 23.7. The lowest BCUT2D eigenvalue weighted by Gasteiger charge is -2.12. The zero-order chi connectivity index (χ0) is 23.8. The highest BCUT2D eigenvalue weighted by molar-refractivity contribution is 6.40. The highest BCUT2D eigenvalue weighted by atomic mass is 16.2. The molecule has 0 fully saturated rings. The predicted molar refractivity (Wildman–Crippen MR) is 130 cm³/mol. The number of carbonyl (C=O) groups is 3. The molecule has 3 rings (SSSR count). The zero-order valence-corrected chi connectivity index (χ0v) is 19.1. The molecule has 0 radical (unpaired) electrons. The van der Waals surface area contributed by atoms with Gasteiger partial charge in [-0.25, -0.2) is 0 Å². The van der Waals surface area contributed by atoms with E-state index in [1.807, 2.05) is 55.5 Å². The fourth-order valence-electron chi connectivity index (χ4n) is 3.33. The Balaban J connectivity index is 1.58. The topological polar surface area (TPSA) is 87.3 Å². The Morgan fingerprint density at radius 3 is 2.12 bits per heavy atom. The third kappa shape index (κ3) is 6.53. The summed E-state index contributed by atoms with van der Waals surface area (Å²) >= 11 is 0. The Morgan fingerprint density at radius 1 is 0.758 bits per heavy atom. The first-order chi connectivity index (χ1) is 15.8. The maximum absolute atomic E-state index is 12.7. The van der Waals surface area contributed by atoms with Gasteiger partial charge in [-0.1, -0.05) is 74.5 Å². The van der Waals surface area contributed by atoms with E-state index in [0.717, 1.165) is 16.7 Å². The average molecular weight is 444 g/mol. The summed E-state index contributed by atoms with van der Waals surface area (Å²) in [6, 6.07) is 22.3. The van der Waals surface area contributed by atoms with Crippen molar-refractivity contribution in [2.45, 2.75) is 39.8 Å². The lowest BCUT2D eigenvalue weighted by atomic mass is 10.0. The quantitative estimate of drug-likeness (QED) is 0.476. The van der Waals surface area contributed by atoms with Crippen LogP contribution in [-0.4, -0.2) is 17.7 Å². The molecule has 3 N–H and O–H groups in total. The second-order valence-electron chi connectivity index (χ2n) is 8.19. The molecule has 6 heteroatoms. The van der Waals surface area contributed by atoms with Gasteiger partial charge in [0.1, 0.15) is 0 Å². The lowest BCUT2D eigenvalue weighted by molar-refractivity contribution is -0.136. The van der Waals surface area contributed by atoms with Gasteiger partial charge in [0.05, 0.1) is 11.3 Å².